The molecule has 112 valence electrons. The van der Waals surface area contributed by atoms with E-state index < -0.39 is 0 Å². The lowest BCUT2D eigenvalue weighted by molar-refractivity contribution is -0.117. The minimum absolute atomic E-state index is 0.0150. The Morgan fingerprint density at radius 1 is 1.18 bits per heavy atom. The highest BCUT2D eigenvalue weighted by atomic mass is 35.5. The molecule has 0 atom stereocenters. The van der Waals surface area contributed by atoms with Gasteiger partial charge in [0.2, 0.25) is 11.8 Å². The molecule has 0 unspecified atom stereocenters. The summed E-state index contributed by atoms with van der Waals surface area (Å²) in [5, 5.41) is 13.4. The number of carbonyl (C=O) groups excluding carboxylic acids is 1. The van der Waals surface area contributed by atoms with Crippen molar-refractivity contribution in [3.63, 3.8) is 0 Å². The molecule has 0 fully saturated rings. The van der Waals surface area contributed by atoms with Crippen LogP contribution in [0.15, 0.2) is 48.5 Å². The summed E-state index contributed by atoms with van der Waals surface area (Å²) < 4.78 is 1.50. The molecule has 1 aromatic heterocycles. The van der Waals surface area contributed by atoms with Crippen LogP contribution in [0.2, 0.25) is 5.02 Å². The molecular weight excluding hydrogens is 300 g/mol. The Balaban J connectivity index is 2.39. The highest BCUT2D eigenvalue weighted by molar-refractivity contribution is 6.31. The molecule has 0 aliphatic heterocycles. The second kappa shape index (κ2) is 5.39. The molecule has 0 aliphatic rings. The first-order chi connectivity index (χ1) is 10.5. The van der Waals surface area contributed by atoms with Crippen molar-refractivity contribution in [3.05, 3.63) is 53.6 Å². The lowest BCUT2D eigenvalue weighted by Crippen LogP contribution is -2.34. The highest BCUT2D eigenvalue weighted by Gasteiger charge is 2.21. The van der Waals surface area contributed by atoms with Gasteiger partial charge in [-0.2, -0.15) is 0 Å². The fraction of sp³-hybridized carbons (Fsp3) is 0.118. The van der Waals surface area contributed by atoms with E-state index >= 15 is 0 Å². The first kappa shape index (κ1) is 14.5. The third-order valence-corrected chi connectivity index (χ3v) is 3.93. The summed E-state index contributed by atoms with van der Waals surface area (Å²) in [6, 6.07) is 14.9. The van der Waals surface area contributed by atoms with Crippen molar-refractivity contribution in [1.82, 2.24) is 4.68 Å². The van der Waals surface area contributed by atoms with Crippen LogP contribution in [0, 0.1) is 0 Å². The van der Waals surface area contributed by atoms with Gasteiger partial charge >= 0.3 is 0 Å². The standard InChI is InChI=1S/C17H15ClN2O2/c1-11(21)19(2)20-15-9-8-13(18)10-14(15)16(17(20)22)12-6-4-3-5-7-12/h3-10,22H,1-2H3. The number of rotatable bonds is 2. The maximum atomic E-state index is 11.7. The number of carbonyl (C=O) groups is 1. The van der Waals surface area contributed by atoms with E-state index in [1.165, 1.54) is 16.6 Å². The molecule has 0 aliphatic carbocycles. The fourth-order valence-corrected chi connectivity index (χ4v) is 2.74. The normalized spacial score (nSPS) is 10.9. The summed E-state index contributed by atoms with van der Waals surface area (Å²) in [6.45, 7) is 1.45. The molecule has 0 radical (unpaired) electrons. The quantitative estimate of drug-likeness (QED) is 0.782. The molecule has 0 saturated heterocycles. The van der Waals surface area contributed by atoms with Crippen LogP contribution in [0.1, 0.15) is 6.92 Å². The summed E-state index contributed by atoms with van der Waals surface area (Å²) in [4.78, 5) is 11.7. The van der Waals surface area contributed by atoms with Crippen LogP contribution in [0.4, 0.5) is 0 Å². The summed E-state index contributed by atoms with van der Waals surface area (Å²) in [5.41, 5.74) is 2.24. The number of hydrogen-bond acceptors (Lipinski definition) is 2. The molecule has 5 heteroatoms. The van der Waals surface area contributed by atoms with E-state index in [0.717, 1.165) is 16.5 Å². The fourth-order valence-electron chi connectivity index (χ4n) is 2.57. The number of aromatic hydroxyl groups is 1. The topological polar surface area (TPSA) is 45.5 Å². The predicted molar refractivity (Wildman–Crippen MR) is 88.9 cm³/mol. The van der Waals surface area contributed by atoms with Crippen molar-refractivity contribution in [3.8, 4) is 17.0 Å². The van der Waals surface area contributed by atoms with Crippen LogP contribution in [0.5, 0.6) is 5.88 Å². The van der Waals surface area contributed by atoms with E-state index in [1.807, 2.05) is 30.3 Å². The molecule has 1 N–H and O–H groups in total. The van der Waals surface area contributed by atoms with Gasteiger partial charge in [-0.05, 0) is 23.8 Å². The first-order valence-electron chi connectivity index (χ1n) is 6.83. The Morgan fingerprint density at radius 2 is 1.86 bits per heavy atom. The Bertz CT molecular complexity index is 856. The number of aromatic nitrogens is 1. The Hall–Kier alpha value is -2.46. The van der Waals surface area contributed by atoms with Crippen molar-refractivity contribution in [2.45, 2.75) is 6.92 Å². The van der Waals surface area contributed by atoms with Gasteiger partial charge in [0.15, 0.2) is 0 Å². The predicted octanol–water partition coefficient (Wildman–Crippen LogP) is 3.78. The smallest absolute Gasteiger partial charge is 0.238 e. The monoisotopic (exact) mass is 314 g/mol. The SMILES string of the molecule is CC(=O)N(C)n1c(O)c(-c2ccccc2)c2cc(Cl)ccc21. The first-order valence-corrected chi connectivity index (χ1v) is 7.21. The molecule has 22 heavy (non-hydrogen) atoms. The van der Waals surface area contributed by atoms with Crippen LogP contribution in [-0.2, 0) is 4.79 Å². The zero-order chi connectivity index (χ0) is 15.9. The number of benzene rings is 2. The molecule has 2 aromatic carbocycles. The number of amides is 1. The van der Waals surface area contributed by atoms with E-state index in [9.17, 15) is 9.90 Å². The van der Waals surface area contributed by atoms with E-state index in [0.29, 0.717) is 10.6 Å². The molecule has 4 nitrogen and oxygen atoms in total. The average Bonchev–Trinajstić information content (AvgIpc) is 2.78. The van der Waals surface area contributed by atoms with Gasteiger partial charge in [0, 0.05) is 24.4 Å². The summed E-state index contributed by atoms with van der Waals surface area (Å²) in [6.07, 6.45) is 0. The van der Waals surface area contributed by atoms with Gasteiger partial charge < -0.3 is 5.11 Å². The van der Waals surface area contributed by atoms with Crippen LogP contribution in [0.25, 0.3) is 22.0 Å². The van der Waals surface area contributed by atoms with E-state index in [-0.39, 0.29) is 11.8 Å². The molecule has 3 aromatic rings. The van der Waals surface area contributed by atoms with Crippen molar-refractivity contribution >= 4 is 28.4 Å². The van der Waals surface area contributed by atoms with Crippen LogP contribution >= 0.6 is 11.6 Å². The van der Waals surface area contributed by atoms with Gasteiger partial charge in [-0.25, -0.2) is 4.68 Å². The Labute approximate surface area is 133 Å². The zero-order valence-corrected chi connectivity index (χ0v) is 13.0. The summed E-state index contributed by atoms with van der Waals surface area (Å²) in [7, 11) is 1.62. The number of nitrogens with zero attached hydrogens (tertiary/aromatic N) is 2. The molecule has 0 spiro atoms. The molecular formula is C17H15ClN2O2. The molecule has 0 saturated carbocycles. The number of halogens is 1. The highest BCUT2D eigenvalue weighted by Crippen LogP contribution is 2.40. The number of hydrogen-bond donors (Lipinski definition) is 1. The van der Waals surface area contributed by atoms with E-state index in [4.69, 9.17) is 11.6 Å². The second-order valence-electron chi connectivity index (χ2n) is 5.08. The Morgan fingerprint density at radius 3 is 2.50 bits per heavy atom. The minimum Gasteiger partial charge on any atom is -0.493 e. The lowest BCUT2D eigenvalue weighted by Gasteiger charge is -2.18. The van der Waals surface area contributed by atoms with Crippen LogP contribution < -0.4 is 5.01 Å². The Kier molecular flexibility index (Phi) is 3.54. The van der Waals surface area contributed by atoms with Crippen LogP contribution in [0.3, 0.4) is 0 Å². The van der Waals surface area contributed by atoms with Gasteiger partial charge in [-0.15, -0.1) is 0 Å². The van der Waals surface area contributed by atoms with E-state index in [1.54, 1.807) is 25.2 Å². The second-order valence-corrected chi connectivity index (χ2v) is 5.52. The van der Waals surface area contributed by atoms with E-state index in [2.05, 4.69) is 0 Å². The molecule has 1 heterocycles. The maximum Gasteiger partial charge on any atom is 0.238 e. The summed E-state index contributed by atoms with van der Waals surface area (Å²) in [5.74, 6) is -0.164. The zero-order valence-electron chi connectivity index (χ0n) is 12.2. The lowest BCUT2D eigenvalue weighted by atomic mass is 10.0. The molecule has 3 rings (SSSR count). The maximum absolute atomic E-state index is 11.7. The minimum atomic E-state index is -0.179. The van der Waals surface area contributed by atoms with Gasteiger partial charge in [-0.1, -0.05) is 41.9 Å². The van der Waals surface area contributed by atoms with Crippen molar-refractivity contribution < 1.29 is 9.90 Å². The van der Waals surface area contributed by atoms with Gasteiger partial charge in [0.1, 0.15) is 0 Å². The van der Waals surface area contributed by atoms with Gasteiger partial charge in [-0.3, -0.25) is 9.80 Å². The number of fused-ring (bicyclic) bond motifs is 1. The summed E-state index contributed by atoms with van der Waals surface area (Å²) >= 11 is 6.11. The average molecular weight is 315 g/mol. The van der Waals surface area contributed by atoms with Crippen molar-refractivity contribution in [2.75, 3.05) is 12.1 Å². The van der Waals surface area contributed by atoms with Gasteiger partial charge in [0.05, 0.1) is 11.1 Å². The van der Waals surface area contributed by atoms with Crippen molar-refractivity contribution in [2.24, 2.45) is 0 Å². The van der Waals surface area contributed by atoms with Gasteiger partial charge in [0.25, 0.3) is 0 Å². The van der Waals surface area contributed by atoms with Crippen molar-refractivity contribution in [1.29, 1.82) is 0 Å². The molecule has 1 amide bonds. The third kappa shape index (κ3) is 2.22. The molecule has 0 bridgehead atoms. The third-order valence-electron chi connectivity index (χ3n) is 3.70. The van der Waals surface area contributed by atoms with Crippen LogP contribution in [-0.4, -0.2) is 22.7 Å². The largest absolute Gasteiger partial charge is 0.493 e.